The van der Waals surface area contributed by atoms with Gasteiger partial charge in [-0.15, -0.1) is 0 Å². The predicted molar refractivity (Wildman–Crippen MR) is 50.2 cm³/mol. The highest BCUT2D eigenvalue weighted by Crippen LogP contribution is 2.43. The summed E-state index contributed by atoms with van der Waals surface area (Å²) < 4.78 is 17.0. The first kappa shape index (κ1) is 9.50. The molecule has 0 N–H and O–H groups in total. The second kappa shape index (κ2) is 2.72. The summed E-state index contributed by atoms with van der Waals surface area (Å²) >= 11 is 0. The van der Waals surface area contributed by atoms with Crippen LogP contribution < -0.4 is 0 Å². The first-order chi connectivity index (χ1) is 5.93. The topological polar surface area (TPSA) is 27.7 Å². The minimum absolute atomic E-state index is 0.192. The van der Waals surface area contributed by atoms with Crippen LogP contribution >= 0.6 is 0 Å². The molecule has 2 saturated heterocycles. The molecule has 2 heterocycles. The molecular formula is C9H17BO3. The highest BCUT2D eigenvalue weighted by Gasteiger charge is 2.57. The molecule has 0 saturated carbocycles. The maximum absolute atomic E-state index is 5.75. The van der Waals surface area contributed by atoms with Crippen LogP contribution in [0.15, 0.2) is 0 Å². The third kappa shape index (κ3) is 1.41. The van der Waals surface area contributed by atoms with E-state index in [0.717, 1.165) is 12.8 Å². The maximum Gasteiger partial charge on any atom is 0.640 e. The summed E-state index contributed by atoms with van der Waals surface area (Å²) in [6.07, 6.45) is 2.28. The molecule has 2 unspecified atom stereocenters. The molecule has 2 bridgehead atoms. The fourth-order valence-electron chi connectivity index (χ4n) is 1.90. The van der Waals surface area contributed by atoms with Crippen LogP contribution in [0.4, 0.5) is 0 Å². The lowest BCUT2D eigenvalue weighted by Gasteiger charge is -2.36. The average molecular weight is 184 g/mol. The molecule has 0 spiro atoms. The van der Waals surface area contributed by atoms with E-state index in [1.165, 1.54) is 0 Å². The fourth-order valence-corrected chi connectivity index (χ4v) is 1.90. The average Bonchev–Trinajstić information content (AvgIpc) is 2.13. The van der Waals surface area contributed by atoms with Crippen molar-refractivity contribution in [3.05, 3.63) is 0 Å². The molecule has 13 heavy (non-hydrogen) atoms. The third-order valence-electron chi connectivity index (χ3n) is 3.39. The molecule has 2 rings (SSSR count). The molecule has 0 amide bonds. The quantitative estimate of drug-likeness (QED) is 0.536. The molecule has 0 aromatic heterocycles. The van der Waals surface area contributed by atoms with Gasteiger partial charge in [-0.05, 0) is 40.5 Å². The zero-order chi connectivity index (χ0) is 9.69. The Morgan fingerprint density at radius 1 is 1.23 bits per heavy atom. The summed E-state index contributed by atoms with van der Waals surface area (Å²) in [6, 6.07) is 0. The Balaban J connectivity index is 2.22. The standard InChI is InChI=1S/C9H17BO3/c1-7-5-6-9(4)8(2,3)12-10(11-7)13-9/h7H,5-6H2,1-4H3. The zero-order valence-electron chi connectivity index (χ0n) is 8.79. The molecule has 74 valence electrons. The van der Waals surface area contributed by atoms with Gasteiger partial charge in [-0.1, -0.05) is 0 Å². The molecular weight excluding hydrogens is 167 g/mol. The minimum atomic E-state index is -0.461. The predicted octanol–water partition coefficient (Wildman–Crippen LogP) is 1.75. The monoisotopic (exact) mass is 184 g/mol. The molecule has 0 aliphatic carbocycles. The lowest BCUT2D eigenvalue weighted by Crippen LogP contribution is -2.45. The van der Waals surface area contributed by atoms with Crippen molar-refractivity contribution < 1.29 is 14.0 Å². The number of fused-ring (bicyclic) bond motifs is 2. The lowest BCUT2D eigenvalue weighted by atomic mass is 9.83. The van der Waals surface area contributed by atoms with Gasteiger partial charge >= 0.3 is 7.32 Å². The van der Waals surface area contributed by atoms with Crippen LogP contribution in [0.2, 0.25) is 0 Å². The summed E-state index contributed by atoms with van der Waals surface area (Å²) in [4.78, 5) is 0. The van der Waals surface area contributed by atoms with Crippen LogP contribution in [0.1, 0.15) is 40.5 Å². The largest absolute Gasteiger partial charge is 0.640 e. The van der Waals surface area contributed by atoms with E-state index in [2.05, 4.69) is 27.7 Å². The van der Waals surface area contributed by atoms with Crippen LogP contribution in [-0.4, -0.2) is 24.6 Å². The fraction of sp³-hybridized carbons (Fsp3) is 1.00. The van der Waals surface area contributed by atoms with Gasteiger partial charge in [-0.2, -0.15) is 0 Å². The molecule has 0 aromatic carbocycles. The van der Waals surface area contributed by atoms with Crippen LogP contribution in [0.5, 0.6) is 0 Å². The molecule has 2 fully saturated rings. The number of hydrogen-bond donors (Lipinski definition) is 0. The van der Waals surface area contributed by atoms with Crippen LogP contribution in [0.3, 0.4) is 0 Å². The summed E-state index contributed by atoms with van der Waals surface area (Å²) in [6.45, 7) is 8.29. The van der Waals surface area contributed by atoms with E-state index in [0.29, 0.717) is 0 Å². The van der Waals surface area contributed by atoms with E-state index < -0.39 is 7.32 Å². The SMILES string of the molecule is CC1CCC2(C)OB(O1)OC2(C)C. The highest BCUT2D eigenvalue weighted by atomic mass is 16.8. The second-order valence-electron chi connectivity index (χ2n) is 4.75. The molecule has 2 aliphatic rings. The van der Waals surface area contributed by atoms with E-state index in [9.17, 15) is 0 Å². The molecule has 2 aliphatic heterocycles. The van der Waals surface area contributed by atoms with E-state index in [1.807, 2.05) is 0 Å². The van der Waals surface area contributed by atoms with Gasteiger partial charge in [0.05, 0.1) is 11.2 Å². The maximum atomic E-state index is 5.75. The minimum Gasteiger partial charge on any atom is -0.383 e. The van der Waals surface area contributed by atoms with Gasteiger partial charge in [-0.3, -0.25) is 0 Å². The van der Waals surface area contributed by atoms with Gasteiger partial charge in [0.25, 0.3) is 0 Å². The van der Waals surface area contributed by atoms with Gasteiger partial charge in [0.1, 0.15) is 0 Å². The Morgan fingerprint density at radius 3 is 2.62 bits per heavy atom. The molecule has 0 aromatic rings. The van der Waals surface area contributed by atoms with Crippen LogP contribution in [-0.2, 0) is 14.0 Å². The van der Waals surface area contributed by atoms with Crippen molar-refractivity contribution in [1.82, 2.24) is 0 Å². The van der Waals surface area contributed by atoms with Crippen molar-refractivity contribution in [3.63, 3.8) is 0 Å². The Hall–Kier alpha value is -0.0551. The van der Waals surface area contributed by atoms with Crippen molar-refractivity contribution >= 4 is 7.32 Å². The van der Waals surface area contributed by atoms with Crippen molar-refractivity contribution in [2.45, 2.75) is 57.8 Å². The second-order valence-corrected chi connectivity index (χ2v) is 4.75. The first-order valence-electron chi connectivity index (χ1n) is 4.94. The Labute approximate surface area is 79.9 Å². The van der Waals surface area contributed by atoms with Gasteiger partial charge in [0.2, 0.25) is 0 Å². The summed E-state index contributed by atoms with van der Waals surface area (Å²) in [5.74, 6) is 0. The van der Waals surface area contributed by atoms with E-state index in [4.69, 9.17) is 14.0 Å². The van der Waals surface area contributed by atoms with Crippen molar-refractivity contribution in [2.75, 3.05) is 0 Å². The van der Waals surface area contributed by atoms with E-state index >= 15 is 0 Å². The Kier molecular flexibility index (Phi) is 1.99. The van der Waals surface area contributed by atoms with Gasteiger partial charge in [0.15, 0.2) is 0 Å². The molecule has 4 heteroatoms. The van der Waals surface area contributed by atoms with Crippen LogP contribution in [0.25, 0.3) is 0 Å². The van der Waals surface area contributed by atoms with Gasteiger partial charge < -0.3 is 14.0 Å². The van der Waals surface area contributed by atoms with Gasteiger partial charge in [0, 0.05) is 6.10 Å². The summed E-state index contributed by atoms with van der Waals surface area (Å²) in [5, 5.41) is 0. The van der Waals surface area contributed by atoms with Crippen molar-refractivity contribution in [1.29, 1.82) is 0 Å². The van der Waals surface area contributed by atoms with E-state index in [1.54, 1.807) is 0 Å². The zero-order valence-corrected chi connectivity index (χ0v) is 8.79. The lowest BCUT2D eigenvalue weighted by molar-refractivity contribution is -0.0223. The Bertz CT molecular complexity index is 219. The number of rotatable bonds is 0. The van der Waals surface area contributed by atoms with Gasteiger partial charge in [-0.25, -0.2) is 0 Å². The van der Waals surface area contributed by atoms with Crippen molar-refractivity contribution in [3.8, 4) is 0 Å². The smallest absolute Gasteiger partial charge is 0.383 e. The summed E-state index contributed by atoms with van der Waals surface area (Å²) in [5.41, 5.74) is -0.430. The first-order valence-corrected chi connectivity index (χ1v) is 4.94. The molecule has 3 nitrogen and oxygen atoms in total. The Morgan fingerprint density at radius 2 is 1.92 bits per heavy atom. The highest BCUT2D eigenvalue weighted by molar-refractivity contribution is 6.37. The van der Waals surface area contributed by atoms with Crippen molar-refractivity contribution in [2.24, 2.45) is 0 Å². The normalized spacial score (nSPS) is 43.4. The third-order valence-corrected chi connectivity index (χ3v) is 3.39. The van der Waals surface area contributed by atoms with E-state index in [-0.39, 0.29) is 17.3 Å². The molecule has 2 atom stereocenters. The molecule has 0 radical (unpaired) electrons. The summed E-state index contributed by atoms with van der Waals surface area (Å²) in [7, 11) is -0.461. The van der Waals surface area contributed by atoms with Crippen LogP contribution in [0, 0.1) is 0 Å². The number of hydrogen-bond acceptors (Lipinski definition) is 3.